The monoisotopic (exact) mass is 448 g/mol. The Kier molecular flexibility index (Phi) is 5.84. The SMILES string of the molecule is CCOc1ccc(OCC)c(N2C(=O)NC(=O)/C(=C\c3ccc(Br)o3)C2=O)c1. The Balaban J connectivity index is 2.06. The zero-order valence-corrected chi connectivity index (χ0v) is 16.7. The van der Waals surface area contributed by atoms with Gasteiger partial charge in [0.05, 0.1) is 18.9 Å². The van der Waals surface area contributed by atoms with Gasteiger partial charge in [-0.05, 0) is 60.1 Å². The van der Waals surface area contributed by atoms with Crippen molar-refractivity contribution < 1.29 is 28.3 Å². The Morgan fingerprint density at radius 3 is 2.50 bits per heavy atom. The van der Waals surface area contributed by atoms with Crippen molar-refractivity contribution in [1.82, 2.24) is 5.32 Å². The summed E-state index contributed by atoms with van der Waals surface area (Å²) in [4.78, 5) is 38.5. The summed E-state index contributed by atoms with van der Waals surface area (Å²) >= 11 is 3.16. The van der Waals surface area contributed by atoms with Gasteiger partial charge >= 0.3 is 6.03 Å². The van der Waals surface area contributed by atoms with E-state index >= 15 is 0 Å². The van der Waals surface area contributed by atoms with E-state index < -0.39 is 17.8 Å². The maximum absolute atomic E-state index is 13.0. The smallest absolute Gasteiger partial charge is 0.336 e. The molecule has 146 valence electrons. The van der Waals surface area contributed by atoms with Crippen LogP contribution in [0.1, 0.15) is 19.6 Å². The van der Waals surface area contributed by atoms with Gasteiger partial charge in [-0.1, -0.05) is 0 Å². The van der Waals surface area contributed by atoms with Crippen molar-refractivity contribution in [3.63, 3.8) is 0 Å². The van der Waals surface area contributed by atoms with Gasteiger partial charge in [0.1, 0.15) is 22.8 Å². The minimum absolute atomic E-state index is 0.175. The number of carbonyl (C=O) groups is 3. The highest BCUT2D eigenvalue weighted by Crippen LogP contribution is 2.35. The lowest BCUT2D eigenvalue weighted by Gasteiger charge is -2.28. The normalized spacial score (nSPS) is 15.8. The van der Waals surface area contributed by atoms with Gasteiger partial charge < -0.3 is 13.9 Å². The van der Waals surface area contributed by atoms with Gasteiger partial charge in [0, 0.05) is 6.07 Å². The molecule has 1 saturated heterocycles. The van der Waals surface area contributed by atoms with Crippen molar-refractivity contribution in [3.8, 4) is 11.5 Å². The highest BCUT2D eigenvalue weighted by Gasteiger charge is 2.38. The number of imide groups is 2. The molecular formula is C19H17BrN2O6. The number of amides is 4. The fraction of sp³-hybridized carbons (Fsp3) is 0.211. The molecule has 2 heterocycles. The standard InChI is InChI=1S/C19H17BrN2O6/c1-3-26-11-5-7-15(27-4-2)14(10-11)22-18(24)13(17(23)21-19(22)25)9-12-6-8-16(20)28-12/h5-10H,3-4H2,1-2H3,(H,21,23,25)/b13-9+. The van der Waals surface area contributed by atoms with Crippen LogP contribution in [0.15, 0.2) is 45.0 Å². The molecule has 1 N–H and O–H groups in total. The Morgan fingerprint density at radius 1 is 1.11 bits per heavy atom. The zero-order valence-electron chi connectivity index (χ0n) is 15.2. The number of furan rings is 1. The first-order valence-electron chi connectivity index (χ1n) is 8.51. The lowest BCUT2D eigenvalue weighted by atomic mass is 10.1. The van der Waals surface area contributed by atoms with E-state index in [0.717, 1.165) is 4.90 Å². The van der Waals surface area contributed by atoms with Gasteiger partial charge in [-0.2, -0.15) is 0 Å². The molecule has 1 aromatic heterocycles. The number of barbiturate groups is 1. The topological polar surface area (TPSA) is 98.1 Å². The summed E-state index contributed by atoms with van der Waals surface area (Å²) in [6, 6.07) is 7.13. The van der Waals surface area contributed by atoms with Crippen LogP contribution in [0.25, 0.3) is 6.08 Å². The number of carbonyl (C=O) groups excluding carboxylic acids is 3. The molecule has 0 radical (unpaired) electrons. The van der Waals surface area contributed by atoms with Gasteiger partial charge in [0.25, 0.3) is 11.8 Å². The van der Waals surface area contributed by atoms with Crippen LogP contribution < -0.4 is 19.7 Å². The fourth-order valence-electron chi connectivity index (χ4n) is 2.63. The molecule has 1 aromatic carbocycles. The van der Waals surface area contributed by atoms with Gasteiger partial charge in [-0.15, -0.1) is 0 Å². The van der Waals surface area contributed by atoms with E-state index in [0.29, 0.717) is 29.4 Å². The number of urea groups is 1. The van der Waals surface area contributed by atoms with E-state index in [2.05, 4.69) is 21.2 Å². The molecule has 0 aliphatic carbocycles. The maximum Gasteiger partial charge on any atom is 0.336 e. The van der Waals surface area contributed by atoms with E-state index in [9.17, 15) is 14.4 Å². The fourth-order valence-corrected chi connectivity index (χ4v) is 2.95. The van der Waals surface area contributed by atoms with Gasteiger partial charge in [-0.3, -0.25) is 14.9 Å². The minimum atomic E-state index is -0.873. The van der Waals surface area contributed by atoms with Crippen LogP contribution in [0.3, 0.4) is 0 Å². The van der Waals surface area contributed by atoms with E-state index in [1.165, 1.54) is 12.1 Å². The van der Waals surface area contributed by atoms with Crippen molar-refractivity contribution in [1.29, 1.82) is 0 Å². The Bertz CT molecular complexity index is 965. The average molecular weight is 449 g/mol. The third-order valence-electron chi connectivity index (χ3n) is 3.76. The summed E-state index contributed by atoms with van der Waals surface area (Å²) in [5.41, 5.74) is -0.0694. The van der Waals surface area contributed by atoms with Crippen LogP contribution >= 0.6 is 15.9 Å². The molecule has 8 nitrogen and oxygen atoms in total. The summed E-state index contributed by atoms with van der Waals surface area (Å²) in [5, 5.41) is 2.17. The lowest BCUT2D eigenvalue weighted by molar-refractivity contribution is -0.122. The first kappa shape index (κ1) is 19.7. The lowest BCUT2D eigenvalue weighted by Crippen LogP contribution is -2.54. The van der Waals surface area contributed by atoms with Crippen molar-refractivity contribution in [2.45, 2.75) is 13.8 Å². The Morgan fingerprint density at radius 2 is 1.86 bits per heavy atom. The predicted octanol–water partition coefficient (Wildman–Crippen LogP) is 3.51. The number of rotatable bonds is 6. The molecule has 9 heteroatoms. The quantitative estimate of drug-likeness (QED) is 0.536. The van der Waals surface area contributed by atoms with Crippen LogP contribution in [-0.2, 0) is 9.59 Å². The van der Waals surface area contributed by atoms with Crippen LogP contribution in [0.2, 0.25) is 0 Å². The molecule has 1 aliphatic heterocycles. The second-order valence-electron chi connectivity index (χ2n) is 5.60. The van der Waals surface area contributed by atoms with Gasteiger partial charge in [0.2, 0.25) is 0 Å². The first-order chi connectivity index (χ1) is 13.4. The molecule has 28 heavy (non-hydrogen) atoms. The number of ether oxygens (including phenoxy) is 2. The number of nitrogens with one attached hydrogen (secondary N) is 1. The second kappa shape index (κ2) is 8.30. The van der Waals surface area contributed by atoms with Crippen LogP contribution in [-0.4, -0.2) is 31.1 Å². The van der Waals surface area contributed by atoms with Crippen LogP contribution in [0.5, 0.6) is 11.5 Å². The zero-order chi connectivity index (χ0) is 20.3. The Hall–Kier alpha value is -3.07. The van der Waals surface area contributed by atoms with Crippen molar-refractivity contribution in [2.24, 2.45) is 0 Å². The molecule has 1 fully saturated rings. The van der Waals surface area contributed by atoms with Crippen LogP contribution in [0.4, 0.5) is 10.5 Å². The number of halogens is 1. The van der Waals surface area contributed by atoms with E-state index in [1.807, 2.05) is 6.92 Å². The third-order valence-corrected chi connectivity index (χ3v) is 4.19. The number of nitrogens with zero attached hydrogens (tertiary/aromatic N) is 1. The second-order valence-corrected chi connectivity index (χ2v) is 6.38. The molecule has 0 atom stereocenters. The minimum Gasteiger partial charge on any atom is -0.494 e. The van der Waals surface area contributed by atoms with Gasteiger partial charge in [-0.25, -0.2) is 9.69 Å². The van der Waals surface area contributed by atoms with E-state index in [4.69, 9.17) is 13.9 Å². The molecule has 2 aromatic rings. The Labute approximate surface area is 169 Å². The molecule has 0 unspecified atom stereocenters. The summed E-state index contributed by atoms with van der Waals surface area (Å²) < 4.78 is 16.8. The molecule has 0 spiro atoms. The highest BCUT2D eigenvalue weighted by atomic mass is 79.9. The summed E-state index contributed by atoms with van der Waals surface area (Å²) in [6.45, 7) is 4.33. The average Bonchev–Trinajstić information content (AvgIpc) is 3.06. The van der Waals surface area contributed by atoms with Crippen molar-refractivity contribution >= 4 is 45.5 Å². The summed E-state index contributed by atoms with van der Waals surface area (Å²) in [5.74, 6) is -0.552. The number of hydrogen-bond donors (Lipinski definition) is 1. The third kappa shape index (κ3) is 3.94. The number of anilines is 1. The van der Waals surface area contributed by atoms with E-state index in [-0.39, 0.29) is 17.0 Å². The van der Waals surface area contributed by atoms with Gasteiger partial charge in [0.15, 0.2) is 4.67 Å². The van der Waals surface area contributed by atoms with Crippen molar-refractivity contribution in [3.05, 3.63) is 46.3 Å². The largest absolute Gasteiger partial charge is 0.494 e. The summed E-state index contributed by atoms with van der Waals surface area (Å²) in [6.07, 6.45) is 1.27. The maximum atomic E-state index is 13.0. The van der Waals surface area contributed by atoms with Crippen molar-refractivity contribution in [2.75, 3.05) is 18.1 Å². The molecular weight excluding hydrogens is 432 g/mol. The van der Waals surface area contributed by atoms with Crippen LogP contribution in [0, 0.1) is 0 Å². The molecule has 4 amide bonds. The number of benzene rings is 1. The molecule has 3 rings (SSSR count). The highest BCUT2D eigenvalue weighted by molar-refractivity contribution is 9.10. The number of hydrogen-bond acceptors (Lipinski definition) is 6. The van der Waals surface area contributed by atoms with E-state index in [1.54, 1.807) is 31.2 Å². The first-order valence-corrected chi connectivity index (χ1v) is 9.30. The predicted molar refractivity (Wildman–Crippen MR) is 104 cm³/mol. The molecule has 0 saturated carbocycles. The summed E-state index contributed by atoms with van der Waals surface area (Å²) in [7, 11) is 0. The molecule has 1 aliphatic rings. The molecule has 0 bridgehead atoms.